The summed E-state index contributed by atoms with van der Waals surface area (Å²) in [6.07, 6.45) is 0. The number of halogens is 2. The van der Waals surface area contributed by atoms with E-state index in [9.17, 15) is 18.4 Å². The SMILES string of the molecule is CC(=O)c1cccc(NC(=O)c2cc(C)c(F)cc2F)c1. The number of amides is 1. The second-order valence-corrected chi connectivity index (χ2v) is 4.67. The van der Waals surface area contributed by atoms with Crippen molar-refractivity contribution in [2.75, 3.05) is 5.32 Å². The third-order valence-electron chi connectivity index (χ3n) is 3.02. The molecule has 0 unspecified atom stereocenters. The molecule has 0 aliphatic carbocycles. The first-order chi connectivity index (χ1) is 9.88. The predicted octanol–water partition coefficient (Wildman–Crippen LogP) is 3.73. The summed E-state index contributed by atoms with van der Waals surface area (Å²) in [6.45, 7) is 2.85. The van der Waals surface area contributed by atoms with Crippen LogP contribution in [0.3, 0.4) is 0 Å². The van der Waals surface area contributed by atoms with Gasteiger partial charge in [0.15, 0.2) is 5.78 Å². The van der Waals surface area contributed by atoms with Gasteiger partial charge in [-0.1, -0.05) is 12.1 Å². The second kappa shape index (κ2) is 5.83. The van der Waals surface area contributed by atoms with Gasteiger partial charge >= 0.3 is 0 Å². The molecule has 0 radical (unpaired) electrons. The van der Waals surface area contributed by atoms with E-state index in [1.54, 1.807) is 18.2 Å². The molecule has 0 heterocycles. The number of rotatable bonds is 3. The summed E-state index contributed by atoms with van der Waals surface area (Å²) < 4.78 is 26.8. The van der Waals surface area contributed by atoms with Gasteiger partial charge in [0.25, 0.3) is 5.91 Å². The van der Waals surface area contributed by atoms with E-state index in [-0.39, 0.29) is 16.9 Å². The predicted molar refractivity (Wildman–Crippen MR) is 75.5 cm³/mol. The smallest absolute Gasteiger partial charge is 0.258 e. The van der Waals surface area contributed by atoms with E-state index in [2.05, 4.69) is 5.32 Å². The molecule has 0 atom stereocenters. The number of carbonyl (C=O) groups excluding carboxylic acids is 2. The molecule has 0 spiro atoms. The van der Waals surface area contributed by atoms with E-state index in [4.69, 9.17) is 0 Å². The minimum absolute atomic E-state index is 0.144. The van der Waals surface area contributed by atoms with Crippen LogP contribution in [0, 0.1) is 18.6 Å². The molecular weight excluding hydrogens is 276 g/mol. The molecule has 0 aromatic heterocycles. The average molecular weight is 289 g/mol. The minimum Gasteiger partial charge on any atom is -0.322 e. The summed E-state index contributed by atoms with van der Waals surface area (Å²) in [6, 6.07) is 8.12. The van der Waals surface area contributed by atoms with Crippen LogP contribution >= 0.6 is 0 Å². The van der Waals surface area contributed by atoms with Crippen LogP contribution < -0.4 is 5.32 Å². The Bertz CT molecular complexity index is 726. The highest BCUT2D eigenvalue weighted by molar-refractivity contribution is 6.05. The molecule has 0 aliphatic heterocycles. The van der Waals surface area contributed by atoms with Crippen LogP contribution in [0.2, 0.25) is 0 Å². The average Bonchev–Trinajstić information content (AvgIpc) is 2.43. The van der Waals surface area contributed by atoms with Gasteiger partial charge in [-0.05, 0) is 37.6 Å². The molecule has 0 saturated carbocycles. The molecule has 1 amide bonds. The number of nitrogens with one attached hydrogen (secondary N) is 1. The fourth-order valence-electron chi connectivity index (χ4n) is 1.85. The fourth-order valence-corrected chi connectivity index (χ4v) is 1.85. The zero-order chi connectivity index (χ0) is 15.6. The lowest BCUT2D eigenvalue weighted by atomic mass is 10.1. The maximum atomic E-state index is 13.6. The van der Waals surface area contributed by atoms with Crippen LogP contribution in [0.25, 0.3) is 0 Å². The normalized spacial score (nSPS) is 10.3. The minimum atomic E-state index is -0.932. The standard InChI is InChI=1S/C16H13F2NO2/c1-9-6-13(15(18)8-14(9)17)16(21)19-12-5-3-4-11(7-12)10(2)20/h3-8H,1-2H3,(H,19,21). The Morgan fingerprint density at radius 2 is 1.76 bits per heavy atom. The Labute approximate surface area is 120 Å². The third-order valence-corrected chi connectivity index (χ3v) is 3.02. The quantitative estimate of drug-likeness (QED) is 0.875. The molecule has 1 N–H and O–H groups in total. The lowest BCUT2D eigenvalue weighted by Gasteiger charge is -2.08. The number of ketones is 1. The molecule has 2 aromatic rings. The Morgan fingerprint density at radius 3 is 2.43 bits per heavy atom. The summed E-state index contributed by atoms with van der Waals surface area (Å²) in [5.41, 5.74) is 0.735. The van der Waals surface area contributed by atoms with E-state index in [1.165, 1.54) is 19.9 Å². The molecule has 0 saturated heterocycles. The van der Waals surface area contributed by atoms with Crippen molar-refractivity contribution in [3.8, 4) is 0 Å². The Kier molecular flexibility index (Phi) is 4.12. The number of aryl methyl sites for hydroxylation is 1. The fraction of sp³-hybridized carbons (Fsp3) is 0.125. The molecule has 21 heavy (non-hydrogen) atoms. The van der Waals surface area contributed by atoms with Crippen molar-refractivity contribution < 1.29 is 18.4 Å². The van der Waals surface area contributed by atoms with E-state index in [0.717, 1.165) is 6.07 Å². The van der Waals surface area contributed by atoms with Gasteiger partial charge in [-0.15, -0.1) is 0 Å². The number of anilines is 1. The monoisotopic (exact) mass is 289 g/mol. The van der Waals surface area contributed by atoms with E-state index in [1.807, 2.05) is 0 Å². The zero-order valence-electron chi connectivity index (χ0n) is 11.5. The van der Waals surface area contributed by atoms with Gasteiger partial charge < -0.3 is 5.32 Å². The molecule has 2 aromatic carbocycles. The zero-order valence-corrected chi connectivity index (χ0v) is 11.5. The van der Waals surface area contributed by atoms with Crippen molar-refractivity contribution in [3.63, 3.8) is 0 Å². The van der Waals surface area contributed by atoms with E-state index in [0.29, 0.717) is 17.3 Å². The number of Topliss-reactive ketones (excluding diaryl/α,β-unsaturated/α-hetero) is 1. The Morgan fingerprint density at radius 1 is 1.05 bits per heavy atom. The Hall–Kier alpha value is -2.56. The molecule has 2 rings (SSSR count). The lowest BCUT2D eigenvalue weighted by molar-refractivity contribution is 0.100. The van der Waals surface area contributed by atoms with Gasteiger partial charge in [-0.25, -0.2) is 8.78 Å². The van der Waals surface area contributed by atoms with Gasteiger partial charge in [0.05, 0.1) is 5.56 Å². The molecule has 0 aliphatic rings. The van der Waals surface area contributed by atoms with Crippen molar-refractivity contribution in [1.82, 2.24) is 0 Å². The molecule has 0 bridgehead atoms. The highest BCUT2D eigenvalue weighted by Crippen LogP contribution is 2.17. The van der Waals surface area contributed by atoms with Crippen molar-refractivity contribution in [2.24, 2.45) is 0 Å². The summed E-state index contributed by atoms with van der Waals surface area (Å²) in [5.74, 6) is -2.48. The molecule has 3 nitrogen and oxygen atoms in total. The number of benzene rings is 2. The van der Waals surface area contributed by atoms with Gasteiger partial charge in [-0.2, -0.15) is 0 Å². The third kappa shape index (κ3) is 3.31. The number of carbonyl (C=O) groups is 2. The van der Waals surface area contributed by atoms with E-state index >= 15 is 0 Å². The van der Waals surface area contributed by atoms with Crippen LogP contribution in [0.5, 0.6) is 0 Å². The van der Waals surface area contributed by atoms with Crippen molar-refractivity contribution in [2.45, 2.75) is 13.8 Å². The van der Waals surface area contributed by atoms with Gasteiger partial charge in [0, 0.05) is 17.3 Å². The molecular formula is C16H13F2NO2. The summed E-state index contributed by atoms with van der Waals surface area (Å²) in [5, 5.41) is 2.49. The topological polar surface area (TPSA) is 46.2 Å². The van der Waals surface area contributed by atoms with Crippen molar-refractivity contribution >= 4 is 17.4 Å². The van der Waals surface area contributed by atoms with Crippen LogP contribution in [0.1, 0.15) is 33.2 Å². The van der Waals surface area contributed by atoms with Crippen molar-refractivity contribution in [1.29, 1.82) is 0 Å². The van der Waals surface area contributed by atoms with Gasteiger partial charge in [0.2, 0.25) is 0 Å². The summed E-state index contributed by atoms with van der Waals surface area (Å²) in [4.78, 5) is 23.3. The Balaban J connectivity index is 2.28. The number of hydrogen-bond acceptors (Lipinski definition) is 2. The first-order valence-corrected chi connectivity index (χ1v) is 6.26. The molecule has 5 heteroatoms. The van der Waals surface area contributed by atoms with E-state index < -0.39 is 17.5 Å². The van der Waals surface area contributed by atoms with Crippen LogP contribution in [-0.4, -0.2) is 11.7 Å². The maximum absolute atomic E-state index is 13.6. The highest BCUT2D eigenvalue weighted by atomic mass is 19.1. The van der Waals surface area contributed by atoms with Gasteiger partial charge in [-0.3, -0.25) is 9.59 Å². The largest absolute Gasteiger partial charge is 0.322 e. The number of hydrogen-bond donors (Lipinski definition) is 1. The van der Waals surface area contributed by atoms with Crippen LogP contribution in [0.15, 0.2) is 36.4 Å². The summed E-state index contributed by atoms with van der Waals surface area (Å²) >= 11 is 0. The summed E-state index contributed by atoms with van der Waals surface area (Å²) in [7, 11) is 0. The first-order valence-electron chi connectivity index (χ1n) is 6.26. The lowest BCUT2D eigenvalue weighted by Crippen LogP contribution is -2.14. The van der Waals surface area contributed by atoms with Crippen LogP contribution in [0.4, 0.5) is 14.5 Å². The maximum Gasteiger partial charge on any atom is 0.258 e. The first kappa shape index (κ1) is 14.8. The second-order valence-electron chi connectivity index (χ2n) is 4.67. The molecule has 0 fully saturated rings. The van der Waals surface area contributed by atoms with Crippen molar-refractivity contribution in [3.05, 3.63) is 64.7 Å². The molecule has 108 valence electrons. The van der Waals surface area contributed by atoms with Gasteiger partial charge in [0.1, 0.15) is 11.6 Å². The highest BCUT2D eigenvalue weighted by Gasteiger charge is 2.15. The van der Waals surface area contributed by atoms with Crippen LogP contribution in [-0.2, 0) is 0 Å².